The lowest BCUT2D eigenvalue weighted by Gasteiger charge is -2.21. The fraction of sp³-hybridized carbons (Fsp3) is 0.400. The second-order valence-electron chi connectivity index (χ2n) is 7.22. The number of pyridine rings is 1. The Morgan fingerprint density at radius 3 is 2.32 bits per heavy atom. The molecule has 0 spiro atoms. The van der Waals surface area contributed by atoms with Crippen LogP contribution in [0.4, 0.5) is 0 Å². The first-order valence-electron chi connectivity index (χ1n) is 8.84. The molecule has 0 bridgehead atoms. The number of Topliss-reactive ketones (excluding diaryl/α,β-unsaturated/α-hetero) is 1. The van der Waals surface area contributed by atoms with Crippen molar-refractivity contribution in [3.63, 3.8) is 0 Å². The highest BCUT2D eigenvalue weighted by molar-refractivity contribution is 5.95. The van der Waals surface area contributed by atoms with Gasteiger partial charge in [0.2, 0.25) is 0 Å². The lowest BCUT2D eigenvalue weighted by molar-refractivity contribution is 0.0933. The number of hydrogen-bond acceptors (Lipinski definition) is 5. The molecule has 4 rings (SSSR count). The molecule has 25 heavy (non-hydrogen) atoms. The Morgan fingerprint density at radius 2 is 1.68 bits per heavy atom. The van der Waals surface area contributed by atoms with Gasteiger partial charge in [0.1, 0.15) is 11.4 Å². The first-order chi connectivity index (χ1) is 12.2. The molecule has 2 saturated heterocycles. The van der Waals surface area contributed by atoms with Crippen LogP contribution in [0.5, 0.6) is 5.75 Å². The summed E-state index contributed by atoms with van der Waals surface area (Å²) in [6.45, 7) is 5.64. The molecule has 0 saturated carbocycles. The van der Waals surface area contributed by atoms with Gasteiger partial charge in [0.05, 0.1) is 12.7 Å². The lowest BCUT2D eigenvalue weighted by atomic mass is 10.0. The second-order valence-corrected chi connectivity index (χ2v) is 7.22. The maximum absolute atomic E-state index is 12.3. The highest BCUT2D eigenvalue weighted by Crippen LogP contribution is 2.31. The number of carbonyl (C=O) groups excluding carboxylic acids is 1. The van der Waals surface area contributed by atoms with Crippen LogP contribution in [-0.4, -0.2) is 58.4 Å². The average molecular weight is 337 g/mol. The van der Waals surface area contributed by atoms with Crippen LogP contribution in [-0.2, 0) is 6.54 Å². The molecule has 0 aliphatic carbocycles. The molecule has 5 heteroatoms. The molecule has 2 aromatic rings. The van der Waals surface area contributed by atoms with Crippen molar-refractivity contribution < 1.29 is 9.90 Å². The minimum atomic E-state index is 0.0288. The van der Waals surface area contributed by atoms with E-state index in [2.05, 4.69) is 45.1 Å². The molecule has 2 aliphatic rings. The molecule has 0 radical (unpaired) electrons. The molecule has 2 fully saturated rings. The standard InChI is InChI=1S/C20H23N3O2/c24-18-6-7-19(21-8-18)20(25)14-23-12-16-10-22(11-17(16)13-23)9-15-4-2-1-3-5-15/h1-8,16-17,24H,9-14H2/t16-,17?/m0/s1. The molecule has 130 valence electrons. The zero-order valence-corrected chi connectivity index (χ0v) is 14.2. The van der Waals surface area contributed by atoms with Gasteiger partial charge in [-0.3, -0.25) is 14.6 Å². The third-order valence-corrected chi connectivity index (χ3v) is 5.29. The van der Waals surface area contributed by atoms with Crippen LogP contribution in [0.2, 0.25) is 0 Å². The Labute approximate surface area is 147 Å². The molecule has 5 nitrogen and oxygen atoms in total. The molecule has 2 aliphatic heterocycles. The summed E-state index contributed by atoms with van der Waals surface area (Å²) in [4.78, 5) is 21.1. The SMILES string of the molecule is O=C(CN1CC2CN(Cc3ccccc3)C[C@H]2C1)c1ccc(O)cn1. The molecule has 1 aromatic heterocycles. The van der Waals surface area contributed by atoms with Crippen molar-refractivity contribution in [3.05, 3.63) is 59.9 Å². The van der Waals surface area contributed by atoms with Gasteiger partial charge in [-0.25, -0.2) is 4.98 Å². The van der Waals surface area contributed by atoms with Gasteiger partial charge < -0.3 is 5.11 Å². The van der Waals surface area contributed by atoms with Crippen LogP contribution >= 0.6 is 0 Å². The van der Waals surface area contributed by atoms with E-state index >= 15 is 0 Å². The van der Waals surface area contributed by atoms with Gasteiger partial charge in [-0.2, -0.15) is 0 Å². The fourth-order valence-corrected chi connectivity index (χ4v) is 4.12. The Bertz CT molecular complexity index is 718. The van der Waals surface area contributed by atoms with Crippen LogP contribution in [0.3, 0.4) is 0 Å². The third-order valence-electron chi connectivity index (χ3n) is 5.29. The Balaban J connectivity index is 1.29. The third kappa shape index (κ3) is 3.72. The van der Waals surface area contributed by atoms with E-state index in [1.165, 1.54) is 17.8 Å². The van der Waals surface area contributed by atoms with Crippen LogP contribution < -0.4 is 0 Å². The van der Waals surface area contributed by atoms with Crippen molar-refractivity contribution in [1.29, 1.82) is 0 Å². The van der Waals surface area contributed by atoms with E-state index in [1.54, 1.807) is 6.07 Å². The number of fused-ring (bicyclic) bond motifs is 1. The summed E-state index contributed by atoms with van der Waals surface area (Å²) >= 11 is 0. The smallest absolute Gasteiger partial charge is 0.195 e. The molecule has 0 amide bonds. The molecule has 1 aromatic carbocycles. The quantitative estimate of drug-likeness (QED) is 0.846. The maximum atomic E-state index is 12.3. The summed E-state index contributed by atoms with van der Waals surface area (Å²) in [5.41, 5.74) is 1.80. The van der Waals surface area contributed by atoms with Crippen molar-refractivity contribution >= 4 is 5.78 Å². The number of hydrogen-bond donors (Lipinski definition) is 1. The summed E-state index contributed by atoms with van der Waals surface area (Å²) < 4.78 is 0. The van der Waals surface area contributed by atoms with Crippen molar-refractivity contribution in [3.8, 4) is 5.75 Å². The Hall–Kier alpha value is -2.24. The first kappa shape index (κ1) is 16.2. The molecular weight excluding hydrogens is 314 g/mol. The van der Waals surface area contributed by atoms with Crippen LogP contribution in [0.15, 0.2) is 48.7 Å². The van der Waals surface area contributed by atoms with Crippen LogP contribution in [0, 0.1) is 11.8 Å². The maximum Gasteiger partial charge on any atom is 0.195 e. The van der Waals surface area contributed by atoms with E-state index in [0.29, 0.717) is 24.1 Å². The van der Waals surface area contributed by atoms with Gasteiger partial charge in [0, 0.05) is 32.7 Å². The van der Waals surface area contributed by atoms with E-state index in [1.807, 2.05) is 0 Å². The number of carbonyl (C=O) groups is 1. The Kier molecular flexibility index (Phi) is 4.51. The van der Waals surface area contributed by atoms with Gasteiger partial charge in [0.15, 0.2) is 5.78 Å². The minimum Gasteiger partial charge on any atom is -0.506 e. The van der Waals surface area contributed by atoms with Crippen molar-refractivity contribution in [1.82, 2.24) is 14.8 Å². The summed E-state index contributed by atoms with van der Waals surface area (Å²) in [5.74, 6) is 1.43. The molecule has 1 N–H and O–H groups in total. The van der Waals surface area contributed by atoms with E-state index in [4.69, 9.17) is 0 Å². The summed E-state index contributed by atoms with van der Waals surface area (Å²) in [6.07, 6.45) is 1.33. The largest absolute Gasteiger partial charge is 0.506 e. The highest BCUT2D eigenvalue weighted by atomic mass is 16.3. The summed E-state index contributed by atoms with van der Waals surface area (Å²) in [5, 5.41) is 9.27. The molecule has 3 heterocycles. The monoisotopic (exact) mass is 337 g/mol. The summed E-state index contributed by atoms with van der Waals surface area (Å²) in [7, 11) is 0. The van der Waals surface area contributed by atoms with Gasteiger partial charge in [0.25, 0.3) is 0 Å². The predicted octanol–water partition coefficient (Wildman–Crippen LogP) is 2.03. The number of aromatic hydroxyl groups is 1. The number of aromatic nitrogens is 1. The lowest BCUT2D eigenvalue weighted by Crippen LogP contribution is -2.32. The average Bonchev–Trinajstić information content (AvgIpc) is 3.14. The minimum absolute atomic E-state index is 0.0288. The number of rotatable bonds is 5. The van der Waals surface area contributed by atoms with Crippen LogP contribution in [0.1, 0.15) is 16.1 Å². The zero-order chi connectivity index (χ0) is 17.2. The van der Waals surface area contributed by atoms with Gasteiger partial charge in [-0.1, -0.05) is 30.3 Å². The van der Waals surface area contributed by atoms with Crippen molar-refractivity contribution in [2.24, 2.45) is 11.8 Å². The number of benzene rings is 1. The van der Waals surface area contributed by atoms with Crippen molar-refractivity contribution in [2.75, 3.05) is 32.7 Å². The Morgan fingerprint density at radius 1 is 1.00 bits per heavy atom. The topological polar surface area (TPSA) is 56.7 Å². The van der Waals surface area contributed by atoms with E-state index in [0.717, 1.165) is 32.7 Å². The fourth-order valence-electron chi connectivity index (χ4n) is 4.12. The second kappa shape index (κ2) is 6.94. The molecule has 2 atom stereocenters. The number of ketones is 1. The van der Waals surface area contributed by atoms with Gasteiger partial charge in [-0.05, 0) is 29.5 Å². The molecule has 1 unspecified atom stereocenters. The van der Waals surface area contributed by atoms with E-state index in [9.17, 15) is 9.90 Å². The van der Waals surface area contributed by atoms with Crippen LogP contribution in [0.25, 0.3) is 0 Å². The van der Waals surface area contributed by atoms with E-state index in [-0.39, 0.29) is 11.5 Å². The summed E-state index contributed by atoms with van der Waals surface area (Å²) in [6, 6.07) is 13.7. The van der Waals surface area contributed by atoms with Crippen molar-refractivity contribution in [2.45, 2.75) is 6.54 Å². The normalized spacial score (nSPS) is 23.7. The molecular formula is C20H23N3O2. The number of likely N-dealkylation sites (tertiary alicyclic amines) is 2. The zero-order valence-electron chi connectivity index (χ0n) is 14.2. The van der Waals surface area contributed by atoms with E-state index < -0.39 is 0 Å². The van der Waals surface area contributed by atoms with Gasteiger partial charge in [-0.15, -0.1) is 0 Å². The number of nitrogens with zero attached hydrogens (tertiary/aromatic N) is 3. The predicted molar refractivity (Wildman–Crippen MR) is 95.4 cm³/mol. The highest BCUT2D eigenvalue weighted by Gasteiger charge is 2.40. The first-order valence-corrected chi connectivity index (χ1v) is 8.84. The van der Waals surface area contributed by atoms with Gasteiger partial charge >= 0.3 is 0 Å².